The summed E-state index contributed by atoms with van der Waals surface area (Å²) < 4.78 is 10.8. The van der Waals surface area contributed by atoms with E-state index in [0.717, 1.165) is 5.56 Å². The molecule has 0 aliphatic rings. The van der Waals surface area contributed by atoms with Gasteiger partial charge in [0, 0.05) is 13.1 Å². The van der Waals surface area contributed by atoms with Gasteiger partial charge in [-0.3, -0.25) is 0 Å². The summed E-state index contributed by atoms with van der Waals surface area (Å²) in [4.78, 5) is 11.5. The second-order valence-corrected chi connectivity index (χ2v) is 5.54. The van der Waals surface area contributed by atoms with E-state index >= 15 is 0 Å². The molecule has 0 heterocycles. The van der Waals surface area contributed by atoms with Crippen LogP contribution >= 0.6 is 0 Å². The first kappa shape index (κ1) is 16.5. The summed E-state index contributed by atoms with van der Waals surface area (Å²) in [7, 11) is 0. The van der Waals surface area contributed by atoms with E-state index in [1.54, 1.807) is 0 Å². The van der Waals surface area contributed by atoms with Gasteiger partial charge in [0.2, 0.25) is 0 Å². The Bertz CT molecular complexity index is 401. The zero-order valence-electron chi connectivity index (χ0n) is 12.4. The molecule has 1 aromatic carbocycles. The minimum absolute atomic E-state index is 0.234. The zero-order chi connectivity index (χ0) is 15.0. The summed E-state index contributed by atoms with van der Waals surface area (Å²) in [5.41, 5.74) is 6.20. The summed E-state index contributed by atoms with van der Waals surface area (Å²) in [6.07, 6.45) is -0.693. The van der Waals surface area contributed by atoms with Crippen LogP contribution in [0.3, 0.4) is 0 Å². The number of hydrogen-bond donors (Lipinski definition) is 2. The van der Waals surface area contributed by atoms with E-state index in [1.165, 1.54) is 0 Å². The Kier molecular flexibility index (Phi) is 6.48. The third kappa shape index (κ3) is 7.11. The largest absolute Gasteiger partial charge is 0.444 e. The number of nitrogens with two attached hydrogens (primary N) is 1. The third-order valence-electron chi connectivity index (χ3n) is 2.46. The minimum atomic E-state index is -0.507. The van der Waals surface area contributed by atoms with Crippen LogP contribution in [0.2, 0.25) is 0 Å². The van der Waals surface area contributed by atoms with Crippen molar-refractivity contribution in [3.8, 4) is 0 Å². The molecular formula is C15H24N2O3. The Morgan fingerprint density at radius 1 is 1.30 bits per heavy atom. The van der Waals surface area contributed by atoms with Gasteiger partial charge in [-0.2, -0.15) is 0 Å². The molecule has 20 heavy (non-hydrogen) atoms. The first-order valence-electron chi connectivity index (χ1n) is 6.73. The maximum absolute atomic E-state index is 11.5. The van der Waals surface area contributed by atoms with Crippen molar-refractivity contribution >= 4 is 6.09 Å². The second kappa shape index (κ2) is 7.87. The monoisotopic (exact) mass is 280 g/mol. The number of benzene rings is 1. The molecule has 1 rings (SSSR count). The maximum Gasteiger partial charge on any atom is 0.407 e. The molecule has 0 aliphatic heterocycles. The van der Waals surface area contributed by atoms with Crippen LogP contribution in [0, 0.1) is 0 Å². The summed E-state index contributed by atoms with van der Waals surface area (Å²) in [5.74, 6) is 0. The highest BCUT2D eigenvalue weighted by atomic mass is 16.6. The smallest absolute Gasteiger partial charge is 0.407 e. The molecule has 0 saturated carbocycles. The topological polar surface area (TPSA) is 73.6 Å². The van der Waals surface area contributed by atoms with E-state index in [4.69, 9.17) is 15.2 Å². The summed E-state index contributed by atoms with van der Waals surface area (Å²) >= 11 is 0. The Morgan fingerprint density at radius 2 is 1.95 bits per heavy atom. The van der Waals surface area contributed by atoms with Gasteiger partial charge in [-0.25, -0.2) is 4.79 Å². The second-order valence-electron chi connectivity index (χ2n) is 5.54. The molecule has 0 fully saturated rings. The predicted octanol–water partition coefficient (Wildman–Crippen LogP) is 2.06. The van der Waals surface area contributed by atoms with Gasteiger partial charge >= 0.3 is 6.09 Å². The van der Waals surface area contributed by atoms with Crippen LogP contribution in [-0.4, -0.2) is 30.9 Å². The molecule has 0 saturated heterocycles. The van der Waals surface area contributed by atoms with Crippen LogP contribution in [-0.2, 0) is 16.1 Å². The van der Waals surface area contributed by atoms with Crippen molar-refractivity contribution in [3.05, 3.63) is 35.9 Å². The fraction of sp³-hybridized carbons (Fsp3) is 0.533. The van der Waals surface area contributed by atoms with Crippen LogP contribution in [0.1, 0.15) is 26.3 Å². The quantitative estimate of drug-likeness (QED) is 0.836. The first-order valence-corrected chi connectivity index (χ1v) is 6.73. The van der Waals surface area contributed by atoms with Crippen molar-refractivity contribution in [3.63, 3.8) is 0 Å². The summed E-state index contributed by atoms with van der Waals surface area (Å²) in [6, 6.07) is 9.82. The van der Waals surface area contributed by atoms with Gasteiger partial charge in [-0.1, -0.05) is 30.3 Å². The van der Waals surface area contributed by atoms with Gasteiger partial charge in [0.1, 0.15) is 5.60 Å². The SMILES string of the molecule is CC(C)(C)OC(=O)NCC(CN)OCc1ccccc1. The van der Waals surface area contributed by atoms with Gasteiger partial charge in [0.15, 0.2) is 0 Å². The highest BCUT2D eigenvalue weighted by Crippen LogP contribution is 2.07. The van der Waals surface area contributed by atoms with Gasteiger partial charge in [-0.15, -0.1) is 0 Å². The summed E-state index contributed by atoms with van der Waals surface area (Å²) in [6.45, 7) is 6.59. The molecule has 5 nitrogen and oxygen atoms in total. The highest BCUT2D eigenvalue weighted by molar-refractivity contribution is 5.67. The van der Waals surface area contributed by atoms with Crippen LogP contribution in [0.5, 0.6) is 0 Å². The minimum Gasteiger partial charge on any atom is -0.444 e. The normalized spacial score (nSPS) is 12.8. The van der Waals surface area contributed by atoms with Gasteiger partial charge < -0.3 is 20.5 Å². The van der Waals surface area contributed by atoms with E-state index < -0.39 is 11.7 Å². The molecule has 1 aromatic rings. The molecular weight excluding hydrogens is 256 g/mol. The fourth-order valence-electron chi connectivity index (χ4n) is 1.51. The van der Waals surface area contributed by atoms with Gasteiger partial charge in [0.05, 0.1) is 12.7 Å². The number of alkyl carbamates (subject to hydrolysis) is 1. The standard InChI is InChI=1S/C15H24N2O3/c1-15(2,3)20-14(18)17-10-13(9-16)19-11-12-7-5-4-6-8-12/h4-8,13H,9-11,16H2,1-3H3,(H,17,18). The summed E-state index contributed by atoms with van der Waals surface area (Å²) in [5, 5.41) is 2.66. The average Bonchev–Trinajstić information content (AvgIpc) is 2.38. The lowest BCUT2D eigenvalue weighted by Crippen LogP contribution is -2.40. The third-order valence-corrected chi connectivity index (χ3v) is 2.46. The van der Waals surface area contributed by atoms with E-state index in [1.807, 2.05) is 51.1 Å². The molecule has 1 atom stereocenters. The van der Waals surface area contributed by atoms with Crippen LogP contribution in [0.4, 0.5) is 4.79 Å². The maximum atomic E-state index is 11.5. The molecule has 112 valence electrons. The zero-order valence-corrected chi connectivity index (χ0v) is 12.4. The number of carbonyl (C=O) groups is 1. The van der Waals surface area contributed by atoms with Crippen LogP contribution < -0.4 is 11.1 Å². The molecule has 0 spiro atoms. The van der Waals surface area contributed by atoms with Crippen molar-refractivity contribution < 1.29 is 14.3 Å². The fourth-order valence-corrected chi connectivity index (χ4v) is 1.51. The number of carbonyl (C=O) groups excluding carboxylic acids is 1. The number of ether oxygens (including phenoxy) is 2. The van der Waals surface area contributed by atoms with Crippen molar-refractivity contribution in [1.29, 1.82) is 0 Å². The van der Waals surface area contributed by atoms with E-state index in [2.05, 4.69) is 5.32 Å². The van der Waals surface area contributed by atoms with E-state index in [-0.39, 0.29) is 6.10 Å². The van der Waals surface area contributed by atoms with Crippen molar-refractivity contribution in [2.24, 2.45) is 5.73 Å². The van der Waals surface area contributed by atoms with Crippen molar-refractivity contribution in [2.75, 3.05) is 13.1 Å². The van der Waals surface area contributed by atoms with Gasteiger partial charge in [-0.05, 0) is 26.3 Å². The first-order chi connectivity index (χ1) is 9.40. The number of amides is 1. The lowest BCUT2D eigenvalue weighted by molar-refractivity contribution is 0.0316. The lowest BCUT2D eigenvalue weighted by Gasteiger charge is -2.21. The Hall–Kier alpha value is -1.59. The number of hydrogen-bond acceptors (Lipinski definition) is 4. The molecule has 3 N–H and O–H groups in total. The highest BCUT2D eigenvalue weighted by Gasteiger charge is 2.17. The number of rotatable bonds is 6. The van der Waals surface area contributed by atoms with Crippen LogP contribution in [0.25, 0.3) is 0 Å². The van der Waals surface area contributed by atoms with Crippen molar-refractivity contribution in [1.82, 2.24) is 5.32 Å². The Balaban J connectivity index is 2.31. The van der Waals surface area contributed by atoms with Gasteiger partial charge in [0.25, 0.3) is 0 Å². The molecule has 0 aromatic heterocycles. The molecule has 0 aliphatic carbocycles. The molecule has 0 radical (unpaired) electrons. The van der Waals surface area contributed by atoms with E-state index in [9.17, 15) is 4.79 Å². The number of nitrogens with one attached hydrogen (secondary N) is 1. The van der Waals surface area contributed by atoms with E-state index in [0.29, 0.717) is 19.7 Å². The molecule has 1 unspecified atom stereocenters. The van der Waals surface area contributed by atoms with Crippen LogP contribution in [0.15, 0.2) is 30.3 Å². The molecule has 1 amide bonds. The average molecular weight is 280 g/mol. The molecule has 0 bridgehead atoms. The Labute approximate surface area is 120 Å². The lowest BCUT2D eigenvalue weighted by atomic mass is 10.2. The Morgan fingerprint density at radius 3 is 2.50 bits per heavy atom. The molecule has 5 heteroatoms. The predicted molar refractivity (Wildman–Crippen MR) is 78.3 cm³/mol. The van der Waals surface area contributed by atoms with Crippen molar-refractivity contribution in [2.45, 2.75) is 39.1 Å².